The SMILES string of the molecule is O=c1[nH]nc(N2CCC(CO)C2)c(=O)[nH]1. The molecular weight excluding hydrogens is 200 g/mol. The van der Waals surface area contributed by atoms with Gasteiger partial charge in [0.25, 0.3) is 5.56 Å². The quantitative estimate of drug-likeness (QED) is 0.541. The van der Waals surface area contributed by atoms with Crippen molar-refractivity contribution in [1.29, 1.82) is 0 Å². The van der Waals surface area contributed by atoms with Gasteiger partial charge < -0.3 is 10.0 Å². The zero-order valence-corrected chi connectivity index (χ0v) is 8.06. The molecule has 15 heavy (non-hydrogen) atoms. The molecule has 0 aromatic carbocycles. The number of hydrogen-bond donors (Lipinski definition) is 3. The molecule has 1 aliphatic rings. The van der Waals surface area contributed by atoms with E-state index in [-0.39, 0.29) is 18.3 Å². The van der Waals surface area contributed by atoms with E-state index in [1.165, 1.54) is 0 Å². The van der Waals surface area contributed by atoms with Crippen molar-refractivity contribution in [1.82, 2.24) is 15.2 Å². The van der Waals surface area contributed by atoms with Crippen molar-refractivity contribution < 1.29 is 5.11 Å². The van der Waals surface area contributed by atoms with Gasteiger partial charge in [-0.05, 0) is 6.42 Å². The second-order valence-corrected chi connectivity index (χ2v) is 3.61. The van der Waals surface area contributed by atoms with Crippen molar-refractivity contribution in [2.45, 2.75) is 6.42 Å². The van der Waals surface area contributed by atoms with Gasteiger partial charge in [-0.1, -0.05) is 0 Å². The van der Waals surface area contributed by atoms with Crippen molar-refractivity contribution in [3.8, 4) is 0 Å². The van der Waals surface area contributed by atoms with E-state index in [1.54, 1.807) is 4.90 Å². The van der Waals surface area contributed by atoms with Gasteiger partial charge in [-0.25, -0.2) is 9.89 Å². The highest BCUT2D eigenvalue weighted by atomic mass is 16.3. The van der Waals surface area contributed by atoms with E-state index in [2.05, 4.69) is 15.2 Å². The van der Waals surface area contributed by atoms with Crippen LogP contribution in [0, 0.1) is 5.92 Å². The predicted molar refractivity (Wildman–Crippen MR) is 52.9 cm³/mol. The number of rotatable bonds is 2. The van der Waals surface area contributed by atoms with Crippen LogP contribution in [0.2, 0.25) is 0 Å². The molecule has 1 aromatic rings. The zero-order chi connectivity index (χ0) is 10.8. The molecule has 1 unspecified atom stereocenters. The average Bonchev–Trinajstić information content (AvgIpc) is 2.66. The standard InChI is InChI=1S/C8H12N4O3/c13-4-5-1-2-12(3-5)6-7(14)9-8(15)11-10-6/h5,13H,1-4H2,(H2,9,11,14,15). The molecular formula is C8H12N4O3. The van der Waals surface area contributed by atoms with Crippen LogP contribution >= 0.6 is 0 Å². The number of anilines is 1. The third kappa shape index (κ3) is 1.91. The first-order valence-corrected chi connectivity index (χ1v) is 4.75. The van der Waals surface area contributed by atoms with Crippen LogP contribution in [0.15, 0.2) is 9.59 Å². The first-order chi connectivity index (χ1) is 7.20. The third-order valence-corrected chi connectivity index (χ3v) is 2.54. The minimum Gasteiger partial charge on any atom is -0.396 e. The molecule has 1 aromatic heterocycles. The van der Waals surface area contributed by atoms with Gasteiger partial charge >= 0.3 is 5.69 Å². The van der Waals surface area contributed by atoms with E-state index >= 15 is 0 Å². The molecule has 0 radical (unpaired) electrons. The summed E-state index contributed by atoms with van der Waals surface area (Å²) in [5.41, 5.74) is -1.10. The van der Waals surface area contributed by atoms with Crippen molar-refractivity contribution in [3.05, 3.63) is 20.8 Å². The number of H-pyrrole nitrogens is 2. The summed E-state index contributed by atoms with van der Waals surface area (Å²) in [6.07, 6.45) is 0.830. The van der Waals surface area contributed by atoms with Crippen molar-refractivity contribution in [2.24, 2.45) is 5.92 Å². The van der Waals surface area contributed by atoms with Gasteiger partial charge in [-0.2, -0.15) is 0 Å². The van der Waals surface area contributed by atoms with Crippen LogP contribution in [0.1, 0.15) is 6.42 Å². The summed E-state index contributed by atoms with van der Waals surface area (Å²) in [6.45, 7) is 1.38. The van der Waals surface area contributed by atoms with Crippen LogP contribution in [0.4, 0.5) is 5.82 Å². The predicted octanol–water partition coefficient (Wildman–Crippen LogP) is -1.72. The lowest BCUT2D eigenvalue weighted by Crippen LogP contribution is -2.33. The van der Waals surface area contributed by atoms with E-state index in [1.807, 2.05) is 0 Å². The normalized spacial score (nSPS) is 20.9. The highest BCUT2D eigenvalue weighted by Crippen LogP contribution is 2.17. The lowest BCUT2D eigenvalue weighted by molar-refractivity contribution is 0.238. The minimum atomic E-state index is -0.610. The van der Waals surface area contributed by atoms with Crippen LogP contribution in [0.5, 0.6) is 0 Å². The summed E-state index contributed by atoms with van der Waals surface area (Å²) in [7, 11) is 0. The Kier molecular flexibility index (Phi) is 2.55. The monoisotopic (exact) mass is 212 g/mol. The fraction of sp³-hybridized carbons (Fsp3) is 0.625. The molecule has 1 fully saturated rings. The van der Waals surface area contributed by atoms with E-state index in [0.717, 1.165) is 6.42 Å². The molecule has 7 heteroatoms. The first-order valence-electron chi connectivity index (χ1n) is 4.75. The summed E-state index contributed by atoms with van der Waals surface area (Å²) in [5, 5.41) is 14.8. The lowest BCUT2D eigenvalue weighted by atomic mass is 10.1. The zero-order valence-electron chi connectivity index (χ0n) is 8.06. The first kappa shape index (κ1) is 9.91. The minimum absolute atomic E-state index is 0.109. The second kappa shape index (κ2) is 3.85. The van der Waals surface area contributed by atoms with Crippen LogP contribution < -0.4 is 16.1 Å². The van der Waals surface area contributed by atoms with Gasteiger partial charge in [0.15, 0.2) is 0 Å². The van der Waals surface area contributed by atoms with Crippen molar-refractivity contribution >= 4 is 5.82 Å². The van der Waals surface area contributed by atoms with E-state index in [9.17, 15) is 9.59 Å². The Bertz CT molecular complexity index is 452. The number of aromatic amines is 2. The largest absolute Gasteiger partial charge is 0.396 e. The number of hydrogen-bond acceptors (Lipinski definition) is 5. The molecule has 0 amide bonds. The maximum atomic E-state index is 11.4. The Hall–Kier alpha value is -1.63. The maximum Gasteiger partial charge on any atom is 0.342 e. The average molecular weight is 212 g/mol. The number of nitrogens with one attached hydrogen (secondary N) is 2. The Morgan fingerprint density at radius 2 is 2.33 bits per heavy atom. The van der Waals surface area contributed by atoms with Crippen LogP contribution in [-0.2, 0) is 0 Å². The number of aliphatic hydroxyl groups excluding tert-OH is 1. The number of aromatic nitrogens is 3. The maximum absolute atomic E-state index is 11.4. The Morgan fingerprint density at radius 1 is 1.53 bits per heavy atom. The molecule has 3 N–H and O–H groups in total. The summed E-state index contributed by atoms with van der Waals surface area (Å²) in [4.78, 5) is 26.0. The summed E-state index contributed by atoms with van der Waals surface area (Å²) >= 11 is 0. The van der Waals surface area contributed by atoms with Crippen LogP contribution in [0.3, 0.4) is 0 Å². The van der Waals surface area contributed by atoms with Crippen LogP contribution in [0.25, 0.3) is 0 Å². The van der Waals surface area contributed by atoms with Gasteiger partial charge in [0.1, 0.15) is 0 Å². The van der Waals surface area contributed by atoms with Gasteiger partial charge in [0.2, 0.25) is 5.82 Å². The number of aliphatic hydroxyl groups is 1. The topological polar surface area (TPSA) is 102 Å². The molecule has 0 aliphatic carbocycles. The molecule has 1 saturated heterocycles. The molecule has 1 atom stereocenters. The van der Waals surface area contributed by atoms with Gasteiger partial charge in [0.05, 0.1) is 0 Å². The third-order valence-electron chi connectivity index (χ3n) is 2.54. The highest BCUT2D eigenvalue weighted by Gasteiger charge is 2.24. The Morgan fingerprint density at radius 3 is 2.93 bits per heavy atom. The van der Waals surface area contributed by atoms with E-state index in [0.29, 0.717) is 13.1 Å². The fourth-order valence-electron chi connectivity index (χ4n) is 1.73. The summed E-state index contributed by atoms with van der Waals surface area (Å²) < 4.78 is 0. The molecule has 0 saturated carbocycles. The van der Waals surface area contributed by atoms with Crippen LogP contribution in [-0.4, -0.2) is 40.0 Å². The van der Waals surface area contributed by atoms with Gasteiger partial charge in [-0.15, -0.1) is 5.10 Å². The Balaban J connectivity index is 2.24. The molecule has 0 spiro atoms. The summed E-state index contributed by atoms with van der Waals surface area (Å²) in [5.74, 6) is 0.392. The number of nitrogens with zero attached hydrogens (tertiary/aromatic N) is 2. The van der Waals surface area contributed by atoms with Gasteiger partial charge in [0, 0.05) is 25.6 Å². The Labute approximate surface area is 84.8 Å². The van der Waals surface area contributed by atoms with Gasteiger partial charge in [-0.3, -0.25) is 9.78 Å². The fourth-order valence-corrected chi connectivity index (χ4v) is 1.73. The van der Waals surface area contributed by atoms with Crippen molar-refractivity contribution in [3.63, 3.8) is 0 Å². The molecule has 2 heterocycles. The lowest BCUT2D eigenvalue weighted by Gasteiger charge is -2.14. The molecule has 0 bridgehead atoms. The van der Waals surface area contributed by atoms with E-state index in [4.69, 9.17) is 5.11 Å². The smallest absolute Gasteiger partial charge is 0.342 e. The second-order valence-electron chi connectivity index (χ2n) is 3.61. The highest BCUT2D eigenvalue weighted by molar-refractivity contribution is 5.35. The molecule has 1 aliphatic heterocycles. The molecule has 7 nitrogen and oxygen atoms in total. The molecule has 2 rings (SSSR count). The summed E-state index contributed by atoms with van der Waals surface area (Å²) in [6, 6.07) is 0. The van der Waals surface area contributed by atoms with E-state index < -0.39 is 11.2 Å². The molecule has 82 valence electrons. The van der Waals surface area contributed by atoms with Crippen molar-refractivity contribution in [2.75, 3.05) is 24.6 Å².